The molecule has 0 radical (unpaired) electrons. The van der Waals surface area contributed by atoms with Gasteiger partial charge in [0.05, 0.1) is 0 Å². The van der Waals surface area contributed by atoms with Gasteiger partial charge in [0.15, 0.2) is 6.29 Å². The van der Waals surface area contributed by atoms with Gasteiger partial charge < -0.3 is 4.90 Å². The highest BCUT2D eigenvalue weighted by Crippen LogP contribution is 2.37. The molecule has 1 aromatic carbocycles. The van der Waals surface area contributed by atoms with Gasteiger partial charge in [0, 0.05) is 24.3 Å². The fourth-order valence-electron chi connectivity index (χ4n) is 3.69. The van der Waals surface area contributed by atoms with Crippen molar-refractivity contribution in [3.8, 4) is 0 Å². The van der Waals surface area contributed by atoms with Crippen LogP contribution in [0.1, 0.15) is 42.5 Å². The summed E-state index contributed by atoms with van der Waals surface area (Å²) in [5, 5.41) is 0. The smallest absolute Gasteiger partial charge is 0.152 e. The van der Waals surface area contributed by atoms with Gasteiger partial charge in [-0.25, -0.2) is 0 Å². The van der Waals surface area contributed by atoms with Gasteiger partial charge in [0.2, 0.25) is 0 Å². The first kappa shape index (κ1) is 11.8. The third kappa shape index (κ3) is 2.16. The molecule has 2 unspecified atom stereocenters. The lowest BCUT2D eigenvalue weighted by Gasteiger charge is -2.42. The molecule has 1 aliphatic carbocycles. The van der Waals surface area contributed by atoms with E-state index in [4.69, 9.17) is 0 Å². The van der Waals surface area contributed by atoms with E-state index in [0.717, 1.165) is 42.5 Å². The standard InChI is InChI=1S/C16H21NO/c18-12-15-7-3-4-8-16(15)17-10-9-13-5-1-2-6-14(13)11-17/h3-4,7-8,12-14H,1-2,5-6,9-11H2. The van der Waals surface area contributed by atoms with Crippen molar-refractivity contribution in [3.05, 3.63) is 29.8 Å². The molecule has 2 heteroatoms. The number of aldehydes is 1. The first-order chi connectivity index (χ1) is 8.88. The van der Waals surface area contributed by atoms with Crippen molar-refractivity contribution in [3.63, 3.8) is 0 Å². The molecule has 0 N–H and O–H groups in total. The molecule has 0 amide bonds. The minimum absolute atomic E-state index is 0.840. The number of carbonyl (C=O) groups is 1. The van der Waals surface area contributed by atoms with E-state index in [1.165, 1.54) is 32.1 Å². The van der Waals surface area contributed by atoms with E-state index in [1.807, 2.05) is 18.2 Å². The molecule has 0 spiro atoms. The van der Waals surface area contributed by atoms with Crippen LogP contribution in [-0.4, -0.2) is 19.4 Å². The number of rotatable bonds is 2. The number of anilines is 1. The van der Waals surface area contributed by atoms with Gasteiger partial charge in [-0.05, 0) is 36.8 Å². The molecule has 1 saturated carbocycles. The molecule has 2 atom stereocenters. The van der Waals surface area contributed by atoms with E-state index in [1.54, 1.807) is 0 Å². The number of benzene rings is 1. The zero-order chi connectivity index (χ0) is 12.4. The third-order valence-electron chi connectivity index (χ3n) is 4.70. The van der Waals surface area contributed by atoms with Gasteiger partial charge in [-0.15, -0.1) is 0 Å². The number of para-hydroxylation sites is 1. The number of nitrogens with zero attached hydrogens (tertiary/aromatic N) is 1. The quantitative estimate of drug-likeness (QED) is 0.741. The Hall–Kier alpha value is -1.31. The average molecular weight is 243 g/mol. The maximum Gasteiger partial charge on any atom is 0.152 e. The van der Waals surface area contributed by atoms with Crippen molar-refractivity contribution in [2.24, 2.45) is 11.8 Å². The number of carbonyl (C=O) groups excluding carboxylic acids is 1. The maximum absolute atomic E-state index is 11.1. The fraction of sp³-hybridized carbons (Fsp3) is 0.562. The van der Waals surface area contributed by atoms with Gasteiger partial charge in [0.25, 0.3) is 0 Å². The van der Waals surface area contributed by atoms with Crippen molar-refractivity contribution >= 4 is 12.0 Å². The Bertz CT molecular complexity index is 429. The molecule has 3 rings (SSSR count). The Balaban J connectivity index is 1.79. The highest BCUT2D eigenvalue weighted by molar-refractivity contribution is 5.84. The molecule has 0 bridgehead atoms. The Labute approximate surface area is 109 Å². The summed E-state index contributed by atoms with van der Waals surface area (Å²) in [5.74, 6) is 1.80. The minimum atomic E-state index is 0.840. The number of hydrogen-bond acceptors (Lipinski definition) is 2. The molecule has 1 aromatic rings. The topological polar surface area (TPSA) is 20.3 Å². The first-order valence-corrected chi connectivity index (χ1v) is 7.17. The average Bonchev–Trinajstić information content (AvgIpc) is 2.46. The van der Waals surface area contributed by atoms with Crippen LogP contribution in [0.3, 0.4) is 0 Å². The van der Waals surface area contributed by atoms with E-state index < -0.39 is 0 Å². The highest BCUT2D eigenvalue weighted by atomic mass is 16.1. The lowest BCUT2D eigenvalue weighted by atomic mass is 9.75. The molecule has 2 nitrogen and oxygen atoms in total. The predicted octanol–water partition coefficient (Wildman–Crippen LogP) is 3.52. The second-order valence-electron chi connectivity index (χ2n) is 5.72. The molecule has 96 valence electrons. The van der Waals surface area contributed by atoms with E-state index in [-0.39, 0.29) is 0 Å². The molecule has 0 aromatic heterocycles. The zero-order valence-electron chi connectivity index (χ0n) is 10.8. The summed E-state index contributed by atoms with van der Waals surface area (Å²) in [4.78, 5) is 13.6. The van der Waals surface area contributed by atoms with Gasteiger partial charge in [-0.2, -0.15) is 0 Å². The van der Waals surface area contributed by atoms with Crippen LogP contribution in [0.4, 0.5) is 5.69 Å². The predicted molar refractivity (Wildman–Crippen MR) is 74.1 cm³/mol. The first-order valence-electron chi connectivity index (χ1n) is 7.17. The Morgan fingerprint density at radius 1 is 1.06 bits per heavy atom. The van der Waals surface area contributed by atoms with Crippen molar-refractivity contribution < 1.29 is 4.79 Å². The lowest BCUT2D eigenvalue weighted by Crippen LogP contribution is -2.42. The summed E-state index contributed by atoms with van der Waals surface area (Å²) in [6, 6.07) is 8.00. The van der Waals surface area contributed by atoms with Crippen LogP contribution in [0.15, 0.2) is 24.3 Å². The highest BCUT2D eigenvalue weighted by Gasteiger charge is 2.31. The SMILES string of the molecule is O=Cc1ccccc1N1CCC2CCCCC2C1. The minimum Gasteiger partial charge on any atom is -0.371 e. The van der Waals surface area contributed by atoms with E-state index in [9.17, 15) is 4.79 Å². The van der Waals surface area contributed by atoms with Crippen molar-refractivity contribution in [1.29, 1.82) is 0 Å². The number of piperidine rings is 1. The second kappa shape index (κ2) is 5.13. The molecule has 2 fully saturated rings. The lowest BCUT2D eigenvalue weighted by molar-refractivity contribution is 0.112. The largest absolute Gasteiger partial charge is 0.371 e. The molecule has 2 aliphatic rings. The second-order valence-corrected chi connectivity index (χ2v) is 5.72. The van der Waals surface area contributed by atoms with E-state index >= 15 is 0 Å². The number of hydrogen-bond donors (Lipinski definition) is 0. The van der Waals surface area contributed by atoms with Crippen LogP contribution in [0.25, 0.3) is 0 Å². The molecule has 1 saturated heterocycles. The van der Waals surface area contributed by atoms with Crippen LogP contribution >= 0.6 is 0 Å². The van der Waals surface area contributed by atoms with Gasteiger partial charge in [0.1, 0.15) is 0 Å². The molecular weight excluding hydrogens is 222 g/mol. The Morgan fingerprint density at radius 3 is 2.67 bits per heavy atom. The third-order valence-corrected chi connectivity index (χ3v) is 4.70. The summed E-state index contributed by atoms with van der Waals surface area (Å²) in [5.41, 5.74) is 1.98. The molecule has 18 heavy (non-hydrogen) atoms. The van der Waals surface area contributed by atoms with Crippen molar-refractivity contribution in [1.82, 2.24) is 0 Å². The van der Waals surface area contributed by atoms with Crippen LogP contribution in [-0.2, 0) is 0 Å². The summed E-state index contributed by atoms with van der Waals surface area (Å²) in [6.45, 7) is 2.27. The summed E-state index contributed by atoms with van der Waals surface area (Å²) < 4.78 is 0. The Morgan fingerprint density at radius 2 is 1.83 bits per heavy atom. The summed E-state index contributed by atoms with van der Waals surface area (Å²) in [7, 11) is 0. The summed E-state index contributed by atoms with van der Waals surface area (Å²) in [6.07, 6.45) is 7.91. The normalized spacial score (nSPS) is 27.7. The molecule has 1 aliphatic heterocycles. The van der Waals surface area contributed by atoms with E-state index in [0.29, 0.717) is 0 Å². The Kier molecular flexibility index (Phi) is 3.35. The fourth-order valence-corrected chi connectivity index (χ4v) is 3.69. The molecular formula is C16H21NO. The van der Waals surface area contributed by atoms with Crippen LogP contribution in [0.5, 0.6) is 0 Å². The molecule has 1 heterocycles. The zero-order valence-corrected chi connectivity index (χ0v) is 10.8. The number of fused-ring (bicyclic) bond motifs is 1. The van der Waals surface area contributed by atoms with Gasteiger partial charge in [-0.1, -0.05) is 31.4 Å². The van der Waals surface area contributed by atoms with Gasteiger partial charge in [-0.3, -0.25) is 4.79 Å². The monoisotopic (exact) mass is 243 g/mol. The summed E-state index contributed by atoms with van der Waals surface area (Å²) >= 11 is 0. The van der Waals surface area contributed by atoms with Crippen LogP contribution in [0.2, 0.25) is 0 Å². The maximum atomic E-state index is 11.1. The van der Waals surface area contributed by atoms with Crippen molar-refractivity contribution in [2.75, 3.05) is 18.0 Å². The van der Waals surface area contributed by atoms with Crippen molar-refractivity contribution in [2.45, 2.75) is 32.1 Å². The van der Waals surface area contributed by atoms with Crippen LogP contribution in [0, 0.1) is 11.8 Å². The van der Waals surface area contributed by atoms with E-state index in [2.05, 4.69) is 11.0 Å². The van der Waals surface area contributed by atoms with Gasteiger partial charge >= 0.3 is 0 Å². The van der Waals surface area contributed by atoms with Crippen LogP contribution < -0.4 is 4.90 Å².